The van der Waals surface area contributed by atoms with Gasteiger partial charge in [0.2, 0.25) is 0 Å². The molecular formula is C11H12N4O4. The quantitative estimate of drug-likeness (QED) is 0.615. The smallest absolute Gasteiger partial charge is 0.164 e. The Morgan fingerprint density at radius 3 is 2.79 bits per heavy atom. The summed E-state index contributed by atoms with van der Waals surface area (Å²) in [5, 5.41) is 41.8. The van der Waals surface area contributed by atoms with E-state index in [0.29, 0.717) is 11.2 Å². The Hall–Kier alpha value is -1.92. The fourth-order valence-electron chi connectivity index (χ4n) is 2.32. The predicted molar refractivity (Wildman–Crippen MR) is 60.9 cm³/mol. The fourth-order valence-corrected chi connectivity index (χ4v) is 2.32. The molecule has 3 rings (SSSR count). The van der Waals surface area contributed by atoms with Crippen LogP contribution in [-0.2, 0) is 4.74 Å². The van der Waals surface area contributed by atoms with Gasteiger partial charge in [0.15, 0.2) is 11.9 Å². The normalized spacial score (nSPS) is 30.8. The van der Waals surface area contributed by atoms with E-state index in [1.807, 2.05) is 6.07 Å². The molecule has 100 valence electrons. The molecule has 3 heterocycles. The average molecular weight is 264 g/mol. The summed E-state index contributed by atoms with van der Waals surface area (Å²) in [6.45, 7) is -0.392. The molecule has 0 aliphatic carbocycles. The molecule has 8 nitrogen and oxygen atoms in total. The van der Waals surface area contributed by atoms with Crippen LogP contribution in [0.3, 0.4) is 0 Å². The molecule has 19 heavy (non-hydrogen) atoms. The molecule has 8 heteroatoms. The van der Waals surface area contributed by atoms with Gasteiger partial charge >= 0.3 is 0 Å². The summed E-state index contributed by atoms with van der Waals surface area (Å²) in [7, 11) is 0. The van der Waals surface area contributed by atoms with Gasteiger partial charge in [-0.05, 0) is 0 Å². The predicted octanol–water partition coefficient (Wildman–Crippen LogP) is -1.38. The second-order valence-electron chi connectivity index (χ2n) is 4.37. The lowest BCUT2D eigenvalue weighted by Crippen LogP contribution is -2.33. The molecule has 0 bridgehead atoms. The molecule has 0 radical (unpaired) electrons. The van der Waals surface area contributed by atoms with Crippen molar-refractivity contribution in [3.8, 4) is 6.07 Å². The summed E-state index contributed by atoms with van der Waals surface area (Å²) >= 11 is 0. The Morgan fingerprint density at radius 1 is 1.37 bits per heavy atom. The van der Waals surface area contributed by atoms with E-state index in [1.54, 1.807) is 12.4 Å². The second-order valence-corrected chi connectivity index (χ2v) is 4.37. The molecule has 0 unspecified atom stereocenters. The Balaban J connectivity index is 2.06. The number of ether oxygens (including phenoxy) is 1. The fraction of sp³-hybridized carbons (Fsp3) is 0.455. The molecular weight excluding hydrogens is 252 g/mol. The van der Waals surface area contributed by atoms with Crippen molar-refractivity contribution in [3.63, 3.8) is 0 Å². The second kappa shape index (κ2) is 4.32. The van der Waals surface area contributed by atoms with Crippen LogP contribution in [0, 0.1) is 11.3 Å². The van der Waals surface area contributed by atoms with E-state index >= 15 is 0 Å². The van der Waals surface area contributed by atoms with Gasteiger partial charge in [-0.3, -0.25) is 0 Å². The van der Waals surface area contributed by atoms with Crippen molar-refractivity contribution >= 4 is 5.65 Å². The van der Waals surface area contributed by atoms with Crippen molar-refractivity contribution in [1.82, 2.24) is 14.2 Å². The topological polar surface area (TPSA) is 116 Å². The summed E-state index contributed by atoms with van der Waals surface area (Å²) in [5.41, 5.74) is 0.806. The molecule has 4 atom stereocenters. The number of hydrogen-bond acceptors (Lipinski definition) is 6. The maximum absolute atomic E-state index is 9.97. The van der Waals surface area contributed by atoms with Crippen molar-refractivity contribution < 1.29 is 20.1 Å². The highest BCUT2D eigenvalue weighted by Crippen LogP contribution is 2.31. The molecule has 3 N–H and O–H groups in total. The van der Waals surface area contributed by atoms with Crippen LogP contribution < -0.4 is 0 Å². The van der Waals surface area contributed by atoms with Crippen LogP contribution in [0.25, 0.3) is 5.65 Å². The van der Waals surface area contributed by atoms with E-state index in [9.17, 15) is 10.2 Å². The Kier molecular flexibility index (Phi) is 2.76. The Bertz CT molecular complexity index is 643. The van der Waals surface area contributed by atoms with Crippen molar-refractivity contribution in [1.29, 1.82) is 5.26 Å². The molecule has 2 aromatic rings. The van der Waals surface area contributed by atoms with Gasteiger partial charge in [0, 0.05) is 12.4 Å². The molecule has 0 aromatic carbocycles. The maximum Gasteiger partial charge on any atom is 0.164 e. The zero-order valence-corrected chi connectivity index (χ0v) is 9.79. The molecule has 1 fully saturated rings. The van der Waals surface area contributed by atoms with Gasteiger partial charge in [-0.25, -0.2) is 4.52 Å². The van der Waals surface area contributed by atoms with Gasteiger partial charge in [-0.2, -0.15) is 10.4 Å². The van der Waals surface area contributed by atoms with Crippen molar-refractivity contribution in [2.75, 3.05) is 6.61 Å². The van der Waals surface area contributed by atoms with Gasteiger partial charge < -0.3 is 24.6 Å². The molecule has 1 aliphatic heterocycles. The summed E-state index contributed by atoms with van der Waals surface area (Å²) < 4.78 is 8.42. The van der Waals surface area contributed by atoms with Gasteiger partial charge in [-0.15, -0.1) is 0 Å². The van der Waals surface area contributed by atoms with Gasteiger partial charge in [0.25, 0.3) is 0 Å². The van der Waals surface area contributed by atoms with Crippen molar-refractivity contribution in [2.24, 2.45) is 0 Å². The first kappa shape index (κ1) is 12.1. The SMILES string of the molecule is N#Cc1cnn2ccn([C@@H]3O[C@H](CO)[C@@H](O)[C@H]3O)c12. The number of aromatic nitrogens is 3. The molecule has 0 spiro atoms. The van der Waals surface area contributed by atoms with Crippen LogP contribution in [0.1, 0.15) is 11.8 Å². The van der Waals surface area contributed by atoms with E-state index < -0.39 is 31.1 Å². The van der Waals surface area contributed by atoms with E-state index in [-0.39, 0.29) is 0 Å². The number of nitriles is 1. The number of rotatable bonds is 2. The van der Waals surface area contributed by atoms with E-state index in [4.69, 9.17) is 15.1 Å². The molecule has 0 saturated carbocycles. The molecule has 0 amide bonds. The van der Waals surface area contributed by atoms with Gasteiger partial charge in [-0.1, -0.05) is 0 Å². The van der Waals surface area contributed by atoms with Crippen LogP contribution in [0.2, 0.25) is 0 Å². The number of aliphatic hydroxyl groups is 3. The third-order valence-corrected chi connectivity index (χ3v) is 3.29. The Labute approximate surface area is 107 Å². The van der Waals surface area contributed by atoms with E-state index in [2.05, 4.69) is 5.10 Å². The average Bonchev–Trinajstić information content (AvgIpc) is 3.06. The minimum atomic E-state index is -1.19. The van der Waals surface area contributed by atoms with Gasteiger partial charge in [0.1, 0.15) is 29.9 Å². The lowest BCUT2D eigenvalue weighted by Gasteiger charge is -2.16. The first-order valence-electron chi connectivity index (χ1n) is 5.74. The van der Waals surface area contributed by atoms with Crippen LogP contribution in [-0.4, -0.2) is 54.4 Å². The summed E-state index contributed by atoms with van der Waals surface area (Å²) in [5.74, 6) is 0. The number of imidazole rings is 1. The van der Waals surface area contributed by atoms with Gasteiger partial charge in [0.05, 0.1) is 12.8 Å². The molecule has 1 saturated heterocycles. The first-order valence-corrected chi connectivity index (χ1v) is 5.74. The highest BCUT2D eigenvalue weighted by molar-refractivity contribution is 5.55. The van der Waals surface area contributed by atoms with Crippen LogP contribution in [0.4, 0.5) is 0 Å². The zero-order chi connectivity index (χ0) is 13.6. The highest BCUT2D eigenvalue weighted by Gasteiger charge is 2.43. The number of aliphatic hydroxyl groups excluding tert-OH is 3. The third kappa shape index (κ3) is 1.64. The third-order valence-electron chi connectivity index (χ3n) is 3.29. The molecule has 2 aromatic heterocycles. The lowest BCUT2D eigenvalue weighted by molar-refractivity contribution is -0.0508. The minimum absolute atomic E-state index is 0.336. The number of hydrogen-bond donors (Lipinski definition) is 3. The lowest BCUT2D eigenvalue weighted by atomic mass is 10.1. The van der Waals surface area contributed by atoms with Crippen LogP contribution >= 0.6 is 0 Å². The maximum atomic E-state index is 9.97. The van der Waals surface area contributed by atoms with Crippen molar-refractivity contribution in [2.45, 2.75) is 24.5 Å². The zero-order valence-electron chi connectivity index (χ0n) is 9.79. The highest BCUT2D eigenvalue weighted by atomic mass is 16.6. The first-order chi connectivity index (χ1) is 9.17. The minimum Gasteiger partial charge on any atom is -0.394 e. The number of nitrogens with zero attached hydrogens (tertiary/aromatic N) is 4. The monoisotopic (exact) mass is 264 g/mol. The number of fused-ring (bicyclic) bond motifs is 1. The van der Waals surface area contributed by atoms with Crippen molar-refractivity contribution in [3.05, 3.63) is 24.2 Å². The summed E-state index contributed by atoms with van der Waals surface area (Å²) in [6.07, 6.45) is 0.548. The standard InChI is InChI=1S/C11H12N4O4/c12-3-6-4-13-15-2-1-14(10(6)15)11-9(18)8(17)7(5-16)19-11/h1-2,4,7-9,11,16-18H,5H2/t7-,8-,9-,11-/m1/s1. The summed E-state index contributed by atoms with van der Waals surface area (Å²) in [4.78, 5) is 0. The summed E-state index contributed by atoms with van der Waals surface area (Å²) in [6, 6.07) is 2.00. The van der Waals surface area contributed by atoms with E-state index in [1.165, 1.54) is 15.3 Å². The molecule has 1 aliphatic rings. The largest absolute Gasteiger partial charge is 0.394 e. The Morgan fingerprint density at radius 2 is 2.16 bits per heavy atom. The van der Waals surface area contributed by atoms with Crippen LogP contribution in [0.5, 0.6) is 0 Å². The van der Waals surface area contributed by atoms with Crippen LogP contribution in [0.15, 0.2) is 18.6 Å². The van der Waals surface area contributed by atoms with E-state index in [0.717, 1.165) is 0 Å².